The number of aromatic nitrogens is 1. The van der Waals surface area contributed by atoms with E-state index in [1.54, 1.807) is 24.3 Å². The zero-order valence-corrected chi connectivity index (χ0v) is 15.7. The fourth-order valence-electron chi connectivity index (χ4n) is 2.42. The third-order valence-electron chi connectivity index (χ3n) is 3.84. The highest BCUT2D eigenvalue weighted by Crippen LogP contribution is 2.19. The van der Waals surface area contributed by atoms with Crippen LogP contribution in [0.1, 0.15) is 5.56 Å². The van der Waals surface area contributed by atoms with Crippen LogP contribution in [-0.4, -0.2) is 26.1 Å². The molecule has 0 aliphatic heterocycles. The Labute approximate surface area is 159 Å². The molecule has 0 unspecified atom stereocenters. The van der Waals surface area contributed by atoms with Crippen molar-refractivity contribution in [3.05, 3.63) is 63.6 Å². The van der Waals surface area contributed by atoms with Crippen LogP contribution in [0.2, 0.25) is 5.02 Å². The predicted octanol–water partition coefficient (Wildman–Crippen LogP) is 1.90. The first kappa shape index (κ1) is 19.2. The number of hydrogen-bond acceptors (Lipinski definition) is 6. The van der Waals surface area contributed by atoms with E-state index in [0.717, 1.165) is 10.1 Å². The lowest BCUT2D eigenvalue weighted by Crippen LogP contribution is -2.23. The number of benzene rings is 2. The van der Waals surface area contributed by atoms with Gasteiger partial charge in [0.2, 0.25) is 10.0 Å². The van der Waals surface area contributed by atoms with Gasteiger partial charge in [0.15, 0.2) is 5.58 Å². The average molecular weight is 411 g/mol. The molecule has 1 aromatic heterocycles. The van der Waals surface area contributed by atoms with E-state index in [9.17, 15) is 18.0 Å². The Balaban J connectivity index is 1.86. The molecule has 10 heteroatoms. The number of nitrogens with zero attached hydrogens (tertiary/aromatic N) is 1. The lowest BCUT2D eigenvalue weighted by molar-refractivity contribution is -0.141. The van der Waals surface area contributed by atoms with E-state index in [4.69, 9.17) is 16.0 Å². The molecule has 2 aromatic carbocycles. The minimum Gasteiger partial charge on any atom is -0.468 e. The van der Waals surface area contributed by atoms with Crippen molar-refractivity contribution >= 4 is 38.7 Å². The Morgan fingerprint density at radius 3 is 2.59 bits per heavy atom. The quantitative estimate of drug-likeness (QED) is 0.622. The van der Waals surface area contributed by atoms with E-state index in [1.165, 1.54) is 25.3 Å². The smallest absolute Gasteiger partial charge is 0.420 e. The SMILES string of the molecule is COC(=O)Cn1c(=O)oc2cc(S(=O)(=O)NCc3ccc(Cl)cc3)ccc21. The number of halogens is 1. The van der Waals surface area contributed by atoms with Crippen molar-refractivity contribution in [2.24, 2.45) is 0 Å². The summed E-state index contributed by atoms with van der Waals surface area (Å²) in [6.07, 6.45) is 0. The molecule has 1 N–H and O–H groups in total. The normalized spacial score (nSPS) is 11.6. The molecule has 1 heterocycles. The van der Waals surface area contributed by atoms with Crippen LogP contribution in [0.4, 0.5) is 0 Å². The van der Waals surface area contributed by atoms with Gasteiger partial charge in [-0.05, 0) is 29.8 Å². The summed E-state index contributed by atoms with van der Waals surface area (Å²) >= 11 is 5.80. The largest absolute Gasteiger partial charge is 0.468 e. The van der Waals surface area contributed by atoms with Crippen LogP contribution < -0.4 is 10.5 Å². The Kier molecular flexibility index (Phi) is 5.36. The summed E-state index contributed by atoms with van der Waals surface area (Å²) in [6, 6.07) is 10.7. The number of esters is 1. The maximum absolute atomic E-state index is 12.5. The van der Waals surface area contributed by atoms with Crippen molar-refractivity contribution < 1.29 is 22.4 Å². The van der Waals surface area contributed by atoms with Crippen LogP contribution in [0, 0.1) is 0 Å². The molecule has 0 saturated carbocycles. The molecule has 0 aliphatic carbocycles. The lowest BCUT2D eigenvalue weighted by Gasteiger charge is -2.07. The van der Waals surface area contributed by atoms with Gasteiger partial charge in [-0.3, -0.25) is 9.36 Å². The Morgan fingerprint density at radius 2 is 1.93 bits per heavy atom. The summed E-state index contributed by atoms with van der Waals surface area (Å²) in [4.78, 5) is 23.2. The number of hydrogen-bond donors (Lipinski definition) is 1. The van der Waals surface area contributed by atoms with E-state index >= 15 is 0 Å². The van der Waals surface area contributed by atoms with Crippen molar-refractivity contribution in [3.8, 4) is 0 Å². The van der Waals surface area contributed by atoms with Gasteiger partial charge in [-0.15, -0.1) is 0 Å². The molecule has 0 aliphatic rings. The highest BCUT2D eigenvalue weighted by atomic mass is 35.5. The van der Waals surface area contributed by atoms with Crippen molar-refractivity contribution in [3.63, 3.8) is 0 Å². The number of fused-ring (bicyclic) bond motifs is 1. The zero-order chi connectivity index (χ0) is 19.6. The van der Waals surface area contributed by atoms with Crippen LogP contribution in [0.3, 0.4) is 0 Å². The molecule has 27 heavy (non-hydrogen) atoms. The standard InChI is InChI=1S/C17H15ClN2O6S/c1-25-16(21)10-20-14-7-6-13(8-15(14)26-17(20)22)27(23,24)19-9-11-2-4-12(18)5-3-11/h2-8,19H,9-10H2,1H3. The van der Waals surface area contributed by atoms with E-state index in [0.29, 0.717) is 10.5 Å². The van der Waals surface area contributed by atoms with Crippen LogP contribution in [-0.2, 0) is 32.6 Å². The molecule has 142 valence electrons. The Morgan fingerprint density at radius 1 is 1.22 bits per heavy atom. The van der Waals surface area contributed by atoms with Crippen molar-refractivity contribution in [1.29, 1.82) is 0 Å². The lowest BCUT2D eigenvalue weighted by atomic mass is 10.2. The zero-order valence-electron chi connectivity index (χ0n) is 14.1. The fraction of sp³-hybridized carbons (Fsp3) is 0.176. The topological polar surface area (TPSA) is 108 Å². The molecule has 0 amide bonds. The van der Waals surface area contributed by atoms with Gasteiger partial charge >= 0.3 is 11.7 Å². The highest BCUT2D eigenvalue weighted by Gasteiger charge is 2.18. The fourth-order valence-corrected chi connectivity index (χ4v) is 3.58. The molecule has 0 atom stereocenters. The summed E-state index contributed by atoms with van der Waals surface area (Å²) in [5.41, 5.74) is 1.08. The van der Waals surface area contributed by atoms with Crippen molar-refractivity contribution in [2.45, 2.75) is 18.0 Å². The maximum Gasteiger partial charge on any atom is 0.420 e. The Bertz CT molecular complexity index is 1150. The summed E-state index contributed by atoms with van der Waals surface area (Å²) in [7, 11) is -2.64. The first-order chi connectivity index (χ1) is 12.8. The molecule has 8 nitrogen and oxygen atoms in total. The third-order valence-corrected chi connectivity index (χ3v) is 5.50. The van der Waals surface area contributed by atoms with E-state index < -0.39 is 21.7 Å². The molecular weight excluding hydrogens is 396 g/mol. The van der Waals surface area contributed by atoms with Gasteiger partial charge in [0.1, 0.15) is 6.54 Å². The predicted molar refractivity (Wildman–Crippen MR) is 98.0 cm³/mol. The first-order valence-corrected chi connectivity index (χ1v) is 9.60. The second-order valence-electron chi connectivity index (χ2n) is 5.61. The molecule has 0 spiro atoms. The molecule has 0 saturated heterocycles. The van der Waals surface area contributed by atoms with Crippen LogP contribution in [0.5, 0.6) is 0 Å². The van der Waals surface area contributed by atoms with E-state index in [2.05, 4.69) is 9.46 Å². The number of carbonyl (C=O) groups is 1. The molecular formula is C17H15ClN2O6S. The molecule has 3 rings (SSSR count). The minimum atomic E-state index is -3.84. The maximum atomic E-state index is 12.5. The monoisotopic (exact) mass is 410 g/mol. The third kappa shape index (κ3) is 4.21. The van der Waals surface area contributed by atoms with Crippen LogP contribution in [0.15, 0.2) is 56.6 Å². The van der Waals surface area contributed by atoms with Gasteiger partial charge in [-0.25, -0.2) is 17.9 Å². The number of ether oxygens (including phenoxy) is 1. The van der Waals surface area contributed by atoms with Gasteiger partial charge < -0.3 is 9.15 Å². The van der Waals surface area contributed by atoms with E-state index in [-0.39, 0.29) is 23.6 Å². The summed E-state index contributed by atoms with van der Waals surface area (Å²) in [6.45, 7) is -0.256. The van der Waals surface area contributed by atoms with Crippen LogP contribution in [0.25, 0.3) is 11.1 Å². The van der Waals surface area contributed by atoms with Gasteiger partial charge in [-0.1, -0.05) is 23.7 Å². The van der Waals surface area contributed by atoms with Gasteiger partial charge in [0, 0.05) is 17.6 Å². The minimum absolute atomic E-state index is 0.0540. The number of oxazole rings is 1. The summed E-state index contributed by atoms with van der Waals surface area (Å²) < 4.78 is 38.1. The first-order valence-electron chi connectivity index (χ1n) is 7.74. The summed E-state index contributed by atoms with van der Waals surface area (Å²) in [5.74, 6) is -1.40. The van der Waals surface area contributed by atoms with E-state index in [1.807, 2.05) is 0 Å². The average Bonchev–Trinajstić information content (AvgIpc) is 2.95. The number of methoxy groups -OCH3 is 1. The van der Waals surface area contributed by atoms with Crippen LogP contribution >= 0.6 is 11.6 Å². The Hall–Kier alpha value is -2.62. The number of rotatable bonds is 6. The number of nitrogens with one attached hydrogen (secondary N) is 1. The highest BCUT2D eigenvalue weighted by molar-refractivity contribution is 7.89. The molecule has 0 fully saturated rings. The second kappa shape index (κ2) is 7.55. The molecule has 0 radical (unpaired) electrons. The molecule has 0 bridgehead atoms. The number of sulfonamides is 1. The molecule has 3 aromatic rings. The summed E-state index contributed by atoms with van der Waals surface area (Å²) in [5, 5.41) is 0.554. The van der Waals surface area contributed by atoms with Gasteiger partial charge in [-0.2, -0.15) is 0 Å². The second-order valence-corrected chi connectivity index (χ2v) is 7.81. The van der Waals surface area contributed by atoms with Gasteiger partial charge in [0.25, 0.3) is 0 Å². The van der Waals surface area contributed by atoms with Crippen molar-refractivity contribution in [1.82, 2.24) is 9.29 Å². The van der Waals surface area contributed by atoms with Crippen molar-refractivity contribution in [2.75, 3.05) is 7.11 Å². The number of carbonyl (C=O) groups excluding carboxylic acids is 1. The van der Waals surface area contributed by atoms with Gasteiger partial charge in [0.05, 0.1) is 17.5 Å².